The molecule has 23 heavy (non-hydrogen) atoms. The summed E-state index contributed by atoms with van der Waals surface area (Å²) in [7, 11) is 1.74. The fraction of sp³-hybridized carbons (Fsp3) is 0.438. The molecule has 1 fully saturated rings. The van der Waals surface area contributed by atoms with E-state index in [0.717, 1.165) is 24.4 Å². The average molecular weight is 334 g/mol. The molecule has 3 rings (SSSR count). The Bertz CT molecular complexity index is 708. The molecule has 0 aliphatic heterocycles. The summed E-state index contributed by atoms with van der Waals surface area (Å²) in [4.78, 5) is 8.39. The van der Waals surface area contributed by atoms with Crippen molar-refractivity contribution in [2.45, 2.75) is 31.7 Å². The van der Waals surface area contributed by atoms with E-state index in [4.69, 9.17) is 16.1 Å². The van der Waals surface area contributed by atoms with E-state index in [9.17, 15) is 0 Å². The van der Waals surface area contributed by atoms with Gasteiger partial charge in [0.15, 0.2) is 11.8 Å². The number of benzene rings is 1. The zero-order valence-electron chi connectivity index (χ0n) is 13.3. The lowest BCUT2D eigenvalue weighted by molar-refractivity contribution is 0.371. The number of hydrogen-bond donors (Lipinski definition) is 2. The largest absolute Gasteiger partial charge is 0.356 e. The Hall–Kier alpha value is -2.08. The number of hydrogen-bond acceptors (Lipinski definition) is 4. The maximum absolute atomic E-state index is 6.11. The van der Waals surface area contributed by atoms with Crippen LogP contribution in [0.1, 0.15) is 30.1 Å². The first-order valence-electron chi connectivity index (χ1n) is 7.61. The Kier molecular flexibility index (Phi) is 4.52. The van der Waals surface area contributed by atoms with Gasteiger partial charge in [-0.2, -0.15) is 4.98 Å². The summed E-state index contributed by atoms with van der Waals surface area (Å²) in [5.74, 6) is 1.89. The molecule has 0 amide bonds. The van der Waals surface area contributed by atoms with Crippen LogP contribution in [-0.4, -0.2) is 29.7 Å². The highest BCUT2D eigenvalue weighted by atomic mass is 35.5. The molecule has 7 heteroatoms. The molecule has 1 saturated carbocycles. The molecular weight excluding hydrogens is 314 g/mol. The van der Waals surface area contributed by atoms with Crippen molar-refractivity contribution in [1.29, 1.82) is 0 Å². The Labute approximate surface area is 140 Å². The minimum Gasteiger partial charge on any atom is -0.356 e. The first-order valence-corrected chi connectivity index (χ1v) is 7.99. The molecule has 0 bridgehead atoms. The van der Waals surface area contributed by atoms with Gasteiger partial charge in [0.2, 0.25) is 5.89 Å². The molecule has 0 spiro atoms. The van der Waals surface area contributed by atoms with Gasteiger partial charge < -0.3 is 15.2 Å². The van der Waals surface area contributed by atoms with Crippen molar-refractivity contribution in [1.82, 2.24) is 20.8 Å². The third kappa shape index (κ3) is 3.82. The SMILES string of the molecule is CN=C(NCc1nc(C)no1)NCC1(c2cccc(Cl)c2)CC1. The summed E-state index contributed by atoms with van der Waals surface area (Å²) in [5, 5.41) is 11.1. The molecule has 1 heterocycles. The highest BCUT2D eigenvalue weighted by Gasteiger charge is 2.44. The van der Waals surface area contributed by atoms with Gasteiger partial charge >= 0.3 is 0 Å². The van der Waals surface area contributed by atoms with Crippen molar-refractivity contribution in [3.05, 3.63) is 46.6 Å². The van der Waals surface area contributed by atoms with Crippen LogP contribution in [-0.2, 0) is 12.0 Å². The van der Waals surface area contributed by atoms with Gasteiger partial charge in [-0.05, 0) is 37.5 Å². The highest BCUT2D eigenvalue weighted by molar-refractivity contribution is 6.30. The van der Waals surface area contributed by atoms with Gasteiger partial charge in [-0.25, -0.2) is 0 Å². The van der Waals surface area contributed by atoms with Crippen LogP contribution < -0.4 is 10.6 Å². The Morgan fingerprint density at radius 2 is 2.22 bits per heavy atom. The monoisotopic (exact) mass is 333 g/mol. The molecule has 2 N–H and O–H groups in total. The first-order chi connectivity index (χ1) is 11.1. The van der Waals surface area contributed by atoms with Gasteiger partial charge in [-0.15, -0.1) is 0 Å². The van der Waals surface area contributed by atoms with Gasteiger partial charge in [-0.1, -0.05) is 28.9 Å². The average Bonchev–Trinajstić information content (AvgIpc) is 3.23. The zero-order chi connectivity index (χ0) is 16.3. The summed E-state index contributed by atoms with van der Waals surface area (Å²) in [6, 6.07) is 8.09. The maximum Gasteiger partial charge on any atom is 0.246 e. The minimum atomic E-state index is 0.156. The van der Waals surface area contributed by atoms with Crippen LogP contribution in [0.15, 0.2) is 33.8 Å². The van der Waals surface area contributed by atoms with E-state index < -0.39 is 0 Å². The van der Waals surface area contributed by atoms with E-state index >= 15 is 0 Å². The molecule has 1 aromatic heterocycles. The van der Waals surface area contributed by atoms with Gasteiger partial charge in [0.25, 0.3) is 0 Å². The third-order valence-electron chi connectivity index (χ3n) is 4.09. The number of aliphatic imine (C=N–C) groups is 1. The van der Waals surface area contributed by atoms with Gasteiger partial charge in [0, 0.05) is 24.0 Å². The third-order valence-corrected chi connectivity index (χ3v) is 4.32. The standard InChI is InChI=1S/C16H20ClN5O/c1-11-21-14(23-22-11)9-19-15(18-2)20-10-16(6-7-16)12-4-3-5-13(17)8-12/h3-5,8H,6-7,9-10H2,1-2H3,(H2,18,19,20). The van der Waals surface area contributed by atoms with E-state index in [1.165, 1.54) is 5.56 Å². The number of nitrogens with zero attached hydrogens (tertiary/aromatic N) is 3. The number of halogens is 1. The predicted octanol–water partition coefficient (Wildman–Crippen LogP) is 2.43. The lowest BCUT2D eigenvalue weighted by atomic mass is 9.96. The fourth-order valence-corrected chi connectivity index (χ4v) is 2.77. The highest BCUT2D eigenvalue weighted by Crippen LogP contribution is 2.48. The number of rotatable bonds is 5. The van der Waals surface area contributed by atoms with E-state index in [1.54, 1.807) is 14.0 Å². The summed E-state index contributed by atoms with van der Waals surface area (Å²) < 4.78 is 5.08. The quantitative estimate of drug-likeness (QED) is 0.649. The van der Waals surface area contributed by atoms with Crippen LogP contribution >= 0.6 is 11.6 Å². The second-order valence-corrected chi connectivity index (χ2v) is 6.24. The molecule has 1 aliphatic rings. The molecular formula is C16H20ClN5O. The van der Waals surface area contributed by atoms with Crippen LogP contribution in [0.4, 0.5) is 0 Å². The Morgan fingerprint density at radius 3 is 2.83 bits per heavy atom. The number of aryl methyl sites for hydroxylation is 1. The zero-order valence-corrected chi connectivity index (χ0v) is 14.0. The normalized spacial score (nSPS) is 16.2. The minimum absolute atomic E-state index is 0.156. The van der Waals surface area contributed by atoms with Crippen molar-refractivity contribution < 1.29 is 4.52 Å². The molecule has 0 unspecified atom stereocenters. The van der Waals surface area contributed by atoms with Crippen LogP contribution in [0.5, 0.6) is 0 Å². The summed E-state index contributed by atoms with van der Waals surface area (Å²) in [5.41, 5.74) is 1.43. The summed E-state index contributed by atoms with van der Waals surface area (Å²) >= 11 is 6.11. The second kappa shape index (κ2) is 6.58. The van der Waals surface area contributed by atoms with Crippen LogP contribution in [0, 0.1) is 6.92 Å². The maximum atomic E-state index is 6.11. The summed E-state index contributed by atoms with van der Waals surface area (Å²) in [6.07, 6.45) is 2.31. The van der Waals surface area contributed by atoms with Crippen LogP contribution in [0.3, 0.4) is 0 Å². The molecule has 6 nitrogen and oxygen atoms in total. The molecule has 0 radical (unpaired) electrons. The van der Waals surface area contributed by atoms with E-state index in [2.05, 4.69) is 31.8 Å². The molecule has 0 saturated heterocycles. The first kappa shape index (κ1) is 15.8. The van der Waals surface area contributed by atoms with Crippen molar-refractivity contribution in [2.75, 3.05) is 13.6 Å². The van der Waals surface area contributed by atoms with E-state index in [1.807, 2.05) is 18.2 Å². The van der Waals surface area contributed by atoms with Crippen molar-refractivity contribution >= 4 is 17.6 Å². The predicted molar refractivity (Wildman–Crippen MR) is 89.6 cm³/mol. The smallest absolute Gasteiger partial charge is 0.246 e. The Morgan fingerprint density at radius 1 is 1.39 bits per heavy atom. The van der Waals surface area contributed by atoms with Gasteiger partial charge in [-0.3, -0.25) is 4.99 Å². The van der Waals surface area contributed by atoms with Crippen molar-refractivity contribution in [2.24, 2.45) is 4.99 Å². The molecule has 2 aromatic rings. The molecule has 1 aromatic carbocycles. The number of aromatic nitrogens is 2. The summed E-state index contributed by atoms with van der Waals surface area (Å²) in [6.45, 7) is 3.06. The van der Waals surface area contributed by atoms with Crippen LogP contribution in [0.2, 0.25) is 5.02 Å². The number of guanidine groups is 1. The van der Waals surface area contributed by atoms with E-state index in [-0.39, 0.29) is 5.41 Å². The Balaban J connectivity index is 1.56. The topological polar surface area (TPSA) is 75.3 Å². The van der Waals surface area contributed by atoms with Gasteiger partial charge in [0.05, 0.1) is 6.54 Å². The van der Waals surface area contributed by atoms with Crippen molar-refractivity contribution in [3.63, 3.8) is 0 Å². The van der Waals surface area contributed by atoms with Crippen LogP contribution in [0.25, 0.3) is 0 Å². The second-order valence-electron chi connectivity index (χ2n) is 5.81. The lowest BCUT2D eigenvalue weighted by Gasteiger charge is -2.19. The van der Waals surface area contributed by atoms with Crippen molar-refractivity contribution in [3.8, 4) is 0 Å². The fourth-order valence-electron chi connectivity index (χ4n) is 2.58. The molecule has 1 aliphatic carbocycles. The number of nitrogens with one attached hydrogen (secondary N) is 2. The van der Waals surface area contributed by atoms with E-state index in [0.29, 0.717) is 24.2 Å². The molecule has 0 atom stereocenters. The van der Waals surface area contributed by atoms with Gasteiger partial charge in [0.1, 0.15) is 0 Å². The lowest BCUT2D eigenvalue weighted by Crippen LogP contribution is -2.41. The molecule has 122 valence electrons.